The van der Waals surface area contributed by atoms with Gasteiger partial charge in [0.25, 0.3) is 0 Å². The number of rotatable bonds is 1. The number of Topliss-reactive ketones (excluding diaryl/α,β-unsaturated/α-hetero) is 1. The molecule has 3 aliphatic rings. The number of carbonyl (C=O) groups excluding carboxylic acids is 1. The van der Waals surface area contributed by atoms with Crippen LogP contribution in [0.1, 0.15) is 11.3 Å². The molecule has 0 saturated heterocycles. The Morgan fingerprint density at radius 1 is 1.00 bits per heavy atom. The third kappa shape index (κ3) is 2.20. The minimum absolute atomic E-state index is 0.0375. The quantitative estimate of drug-likeness (QED) is 0.655. The zero-order valence-electron chi connectivity index (χ0n) is 13.4. The maximum Gasteiger partial charge on any atom is 0.216 e. The van der Waals surface area contributed by atoms with Gasteiger partial charge >= 0.3 is 0 Å². The predicted octanol–water partition coefficient (Wildman–Crippen LogP) is 1.43. The average Bonchev–Trinajstić information content (AvgIpc) is 2.64. The van der Waals surface area contributed by atoms with Gasteiger partial charge in [-0.15, -0.1) is 0 Å². The number of aliphatic hydroxyl groups is 1. The van der Waals surface area contributed by atoms with Gasteiger partial charge in [-0.05, 0) is 22.6 Å². The fourth-order valence-corrected chi connectivity index (χ4v) is 3.21. The van der Waals surface area contributed by atoms with Gasteiger partial charge in [0.2, 0.25) is 11.2 Å². The molecule has 7 heteroatoms. The van der Waals surface area contributed by atoms with Gasteiger partial charge in [-0.25, -0.2) is 0 Å². The molecule has 5 nitrogen and oxygen atoms in total. The highest BCUT2D eigenvalue weighted by Gasteiger charge is 2.31. The van der Waals surface area contributed by atoms with Crippen molar-refractivity contribution in [1.29, 1.82) is 0 Å². The number of benzene rings is 2. The van der Waals surface area contributed by atoms with Crippen LogP contribution in [0, 0.1) is 0 Å². The molecule has 122 valence electrons. The molecule has 2 N–H and O–H groups in total. The third-order valence-electron chi connectivity index (χ3n) is 4.46. The number of hydrogen-bond donors (Lipinski definition) is 2. The Kier molecular flexibility index (Phi) is 3.54. The summed E-state index contributed by atoms with van der Waals surface area (Å²) in [6.45, 7) is 0. The Labute approximate surface area is 150 Å². The van der Waals surface area contributed by atoms with E-state index in [0.29, 0.717) is 16.7 Å². The monoisotopic (exact) mass is 340 g/mol. The molecule has 0 aromatic heterocycles. The van der Waals surface area contributed by atoms with Crippen molar-refractivity contribution in [3.05, 3.63) is 63.7 Å². The molecular formula is C19H10B2O5. The van der Waals surface area contributed by atoms with Crippen LogP contribution < -0.4 is 10.9 Å². The minimum Gasteiger partial charge on any atom is -0.505 e. The summed E-state index contributed by atoms with van der Waals surface area (Å²) in [6, 6.07) is 10.3. The van der Waals surface area contributed by atoms with E-state index in [1.807, 2.05) is 30.3 Å². The molecular weight excluding hydrogens is 330 g/mol. The van der Waals surface area contributed by atoms with Crippen molar-refractivity contribution in [2.45, 2.75) is 6.42 Å². The first kappa shape index (κ1) is 16.3. The van der Waals surface area contributed by atoms with Crippen LogP contribution in [-0.2, 0) is 11.2 Å². The number of aromatic hydroxyl groups is 1. The molecule has 0 saturated carbocycles. The summed E-state index contributed by atoms with van der Waals surface area (Å²) in [6.07, 6.45) is -0.134. The van der Waals surface area contributed by atoms with Crippen LogP contribution in [0.3, 0.4) is 0 Å². The molecule has 2 aliphatic carbocycles. The molecule has 0 fully saturated rings. The smallest absolute Gasteiger partial charge is 0.216 e. The Morgan fingerprint density at radius 2 is 1.69 bits per heavy atom. The first-order valence-electron chi connectivity index (χ1n) is 7.79. The Hall–Kier alpha value is -3.21. The second-order valence-corrected chi connectivity index (χ2v) is 6.03. The fraction of sp³-hybridized carbons (Fsp3) is 0.0526. The van der Waals surface area contributed by atoms with E-state index in [1.54, 1.807) is 0 Å². The van der Waals surface area contributed by atoms with Gasteiger partial charge in [0, 0.05) is 23.1 Å². The Bertz CT molecular complexity index is 1130. The van der Waals surface area contributed by atoms with Crippen molar-refractivity contribution in [1.82, 2.24) is 0 Å². The number of fused-ring (bicyclic) bond motifs is 2. The van der Waals surface area contributed by atoms with Crippen LogP contribution in [0.15, 0.2) is 51.4 Å². The Morgan fingerprint density at radius 3 is 2.38 bits per heavy atom. The largest absolute Gasteiger partial charge is 0.505 e. The van der Waals surface area contributed by atoms with E-state index >= 15 is 0 Å². The number of aliphatic hydroxyl groups excluding tert-OH is 1. The van der Waals surface area contributed by atoms with Crippen molar-refractivity contribution < 1.29 is 19.4 Å². The number of phenolic OH excluding ortho intramolecular Hbond substituents is 1. The lowest BCUT2D eigenvalue weighted by atomic mass is 9.77. The van der Waals surface area contributed by atoms with Crippen LogP contribution >= 0.6 is 0 Å². The summed E-state index contributed by atoms with van der Waals surface area (Å²) in [5.74, 6) is -1.52. The van der Waals surface area contributed by atoms with E-state index in [9.17, 15) is 19.8 Å². The zero-order valence-corrected chi connectivity index (χ0v) is 13.4. The molecule has 1 heterocycles. The first-order valence-corrected chi connectivity index (χ1v) is 7.79. The van der Waals surface area contributed by atoms with Gasteiger partial charge < -0.3 is 14.6 Å². The second-order valence-electron chi connectivity index (χ2n) is 6.03. The van der Waals surface area contributed by atoms with Gasteiger partial charge in [-0.2, -0.15) is 0 Å². The van der Waals surface area contributed by atoms with E-state index in [0.717, 1.165) is 5.56 Å². The lowest BCUT2D eigenvalue weighted by Gasteiger charge is -2.24. The molecule has 0 spiro atoms. The lowest BCUT2D eigenvalue weighted by molar-refractivity contribution is -0.117. The molecule has 0 atom stereocenters. The number of hydrogen-bond acceptors (Lipinski definition) is 5. The summed E-state index contributed by atoms with van der Waals surface area (Å²) >= 11 is 0. The number of allylic oxidation sites excluding steroid dienone is 1. The van der Waals surface area contributed by atoms with Crippen molar-refractivity contribution in [3.63, 3.8) is 0 Å². The van der Waals surface area contributed by atoms with Gasteiger partial charge in [-0.3, -0.25) is 9.59 Å². The van der Waals surface area contributed by atoms with E-state index in [-0.39, 0.29) is 28.9 Å². The van der Waals surface area contributed by atoms with Crippen LogP contribution in [0.2, 0.25) is 0 Å². The van der Waals surface area contributed by atoms with Gasteiger partial charge in [0.1, 0.15) is 27.2 Å². The van der Waals surface area contributed by atoms with Crippen LogP contribution in [0.4, 0.5) is 0 Å². The van der Waals surface area contributed by atoms with E-state index in [2.05, 4.69) is 0 Å². The van der Waals surface area contributed by atoms with Crippen molar-refractivity contribution in [3.8, 4) is 28.2 Å². The minimum atomic E-state index is -0.765. The SMILES string of the molecule is [B]C1=C(O)C(=O)Cc2c1oc1c([B])c(=O)c(O)cc-1c2-c1ccccc1. The maximum atomic E-state index is 12.1. The molecule has 1 aromatic rings. The molecule has 4 radical (unpaired) electrons. The van der Waals surface area contributed by atoms with Crippen LogP contribution in [0.25, 0.3) is 27.9 Å². The van der Waals surface area contributed by atoms with Gasteiger partial charge in [0.15, 0.2) is 11.5 Å². The van der Waals surface area contributed by atoms with Crippen molar-refractivity contribution >= 4 is 32.4 Å². The van der Waals surface area contributed by atoms with Crippen LogP contribution in [-0.4, -0.2) is 31.7 Å². The highest BCUT2D eigenvalue weighted by Crippen LogP contribution is 2.42. The zero-order chi connectivity index (χ0) is 18.6. The van der Waals surface area contributed by atoms with E-state index in [1.165, 1.54) is 6.07 Å². The van der Waals surface area contributed by atoms with Crippen LogP contribution in [0.5, 0.6) is 5.75 Å². The second kappa shape index (κ2) is 5.66. The molecule has 0 amide bonds. The molecule has 26 heavy (non-hydrogen) atoms. The summed E-state index contributed by atoms with van der Waals surface area (Å²) in [4.78, 5) is 24.1. The number of carbonyl (C=O) groups is 1. The summed E-state index contributed by atoms with van der Waals surface area (Å²) in [5.41, 5.74) is 0.878. The predicted molar refractivity (Wildman–Crippen MR) is 98.1 cm³/mol. The molecule has 1 aromatic carbocycles. The molecule has 0 unspecified atom stereocenters. The van der Waals surface area contributed by atoms with E-state index in [4.69, 9.17) is 20.1 Å². The fourth-order valence-electron chi connectivity index (χ4n) is 3.21. The van der Waals surface area contributed by atoms with E-state index < -0.39 is 22.7 Å². The highest BCUT2D eigenvalue weighted by atomic mass is 16.3. The van der Waals surface area contributed by atoms with Crippen molar-refractivity contribution in [2.75, 3.05) is 0 Å². The molecule has 4 rings (SSSR count). The molecule has 1 aliphatic heterocycles. The summed E-state index contributed by atoms with van der Waals surface area (Å²) in [7, 11) is 11.7. The normalized spacial score (nSPS) is 13.9. The van der Waals surface area contributed by atoms with Gasteiger partial charge in [0.05, 0.1) is 0 Å². The standard InChI is InChI=1S/C19H10B2O5/c20-14-16(24)11(22)6-9-13(8-4-2-1-3-5-8)10-7-12(23)17(25)15(21)19(10)26-18(9)14/h1-6,22,25H,7H2. The van der Waals surface area contributed by atoms with Gasteiger partial charge in [-0.1, -0.05) is 30.3 Å². The van der Waals surface area contributed by atoms with Crippen molar-refractivity contribution in [2.24, 2.45) is 0 Å². The molecule has 0 bridgehead atoms. The first-order chi connectivity index (χ1) is 12.4. The third-order valence-corrected chi connectivity index (χ3v) is 4.46. The Balaban J connectivity index is 2.23. The number of phenols is 1. The highest BCUT2D eigenvalue weighted by molar-refractivity contribution is 6.45. The maximum absolute atomic E-state index is 12.1. The topological polar surface area (TPSA) is 87.7 Å². The average molecular weight is 340 g/mol. The lowest BCUT2D eigenvalue weighted by Crippen LogP contribution is -2.28. The summed E-state index contributed by atoms with van der Waals surface area (Å²) in [5, 5.41) is 19.9. The summed E-state index contributed by atoms with van der Waals surface area (Å²) < 4.78 is 5.71. The number of ketones is 1.